The summed E-state index contributed by atoms with van der Waals surface area (Å²) in [5.41, 5.74) is -0.111. The first kappa shape index (κ1) is 15.3. The van der Waals surface area contributed by atoms with Crippen LogP contribution < -0.4 is 0 Å². The largest absolute Gasteiger partial charge is 0.416 e. The molecule has 132 valence electrons. The highest BCUT2D eigenvalue weighted by molar-refractivity contribution is 5.54. The van der Waals surface area contributed by atoms with Crippen LogP contribution >= 0.6 is 0 Å². The first-order valence-electron chi connectivity index (χ1n) is 8.89. The Morgan fingerprint density at radius 1 is 0.920 bits per heavy atom. The molecule has 4 fully saturated rings. The highest BCUT2D eigenvalue weighted by Crippen LogP contribution is 2.58. The van der Waals surface area contributed by atoms with E-state index in [-0.39, 0.29) is 5.54 Å². The highest BCUT2D eigenvalue weighted by atomic mass is 19.4. The summed E-state index contributed by atoms with van der Waals surface area (Å²) in [7, 11) is 0. The van der Waals surface area contributed by atoms with Crippen molar-refractivity contribution < 1.29 is 13.2 Å². The molecule has 0 spiro atoms. The summed E-state index contributed by atoms with van der Waals surface area (Å²) in [5, 5.41) is 13.0. The van der Waals surface area contributed by atoms with Gasteiger partial charge in [0.15, 0.2) is 0 Å². The molecule has 25 heavy (non-hydrogen) atoms. The quantitative estimate of drug-likeness (QED) is 0.813. The fourth-order valence-electron chi connectivity index (χ4n) is 5.65. The van der Waals surface area contributed by atoms with Crippen molar-refractivity contribution in [1.82, 2.24) is 20.2 Å². The minimum absolute atomic E-state index is 0.0219. The van der Waals surface area contributed by atoms with E-state index in [1.807, 2.05) is 0 Å². The molecule has 6 rings (SSSR count). The molecule has 0 radical (unpaired) electrons. The van der Waals surface area contributed by atoms with Gasteiger partial charge in [-0.2, -0.15) is 18.0 Å². The number of hydrogen-bond acceptors (Lipinski definition) is 3. The fourth-order valence-corrected chi connectivity index (χ4v) is 5.65. The number of aromatic nitrogens is 4. The molecule has 4 saturated carbocycles. The molecule has 4 aliphatic carbocycles. The van der Waals surface area contributed by atoms with Gasteiger partial charge in [0.2, 0.25) is 5.82 Å². The van der Waals surface area contributed by atoms with Crippen LogP contribution in [0.3, 0.4) is 0 Å². The molecule has 0 N–H and O–H groups in total. The lowest BCUT2D eigenvalue weighted by Crippen LogP contribution is -2.52. The summed E-state index contributed by atoms with van der Waals surface area (Å²) in [4.78, 5) is 1.78. The van der Waals surface area contributed by atoms with Gasteiger partial charge in [-0.05, 0) is 73.6 Å². The van der Waals surface area contributed by atoms with Crippen molar-refractivity contribution in [2.75, 3.05) is 0 Å². The zero-order valence-electron chi connectivity index (χ0n) is 13.7. The van der Waals surface area contributed by atoms with Crippen LogP contribution in [0.5, 0.6) is 0 Å². The molecule has 4 aliphatic rings. The van der Waals surface area contributed by atoms with Crippen LogP contribution in [0.4, 0.5) is 13.2 Å². The Labute approximate surface area is 143 Å². The maximum absolute atomic E-state index is 12.7. The molecule has 1 aromatic carbocycles. The topological polar surface area (TPSA) is 43.6 Å². The molecule has 0 amide bonds. The van der Waals surface area contributed by atoms with E-state index in [1.54, 1.807) is 4.80 Å². The lowest BCUT2D eigenvalue weighted by Gasteiger charge is -2.55. The van der Waals surface area contributed by atoms with E-state index in [1.165, 1.54) is 31.4 Å². The van der Waals surface area contributed by atoms with Crippen molar-refractivity contribution >= 4 is 0 Å². The van der Waals surface area contributed by atoms with Crippen molar-refractivity contribution in [1.29, 1.82) is 0 Å². The molecule has 0 unspecified atom stereocenters. The molecule has 0 saturated heterocycles. The van der Waals surface area contributed by atoms with E-state index in [4.69, 9.17) is 0 Å². The first-order chi connectivity index (χ1) is 11.9. The van der Waals surface area contributed by atoms with Crippen molar-refractivity contribution in [3.8, 4) is 11.4 Å². The third-order valence-corrected chi connectivity index (χ3v) is 6.31. The summed E-state index contributed by atoms with van der Waals surface area (Å²) >= 11 is 0. The lowest BCUT2D eigenvalue weighted by molar-refractivity contribution is -0.137. The van der Waals surface area contributed by atoms with Gasteiger partial charge in [0.1, 0.15) is 0 Å². The van der Waals surface area contributed by atoms with E-state index in [2.05, 4.69) is 15.4 Å². The molecule has 0 aliphatic heterocycles. The maximum Gasteiger partial charge on any atom is 0.416 e. The second kappa shape index (κ2) is 5.05. The Morgan fingerprint density at radius 2 is 1.48 bits per heavy atom. The number of tetrazole rings is 1. The average Bonchev–Trinajstić information content (AvgIpc) is 3.04. The third kappa shape index (κ3) is 2.47. The molecule has 4 bridgehead atoms. The number of hydrogen-bond donors (Lipinski definition) is 0. The van der Waals surface area contributed by atoms with Crippen molar-refractivity contribution in [2.45, 2.75) is 50.2 Å². The Bertz CT molecular complexity index is 758. The second-order valence-corrected chi connectivity index (χ2v) is 8.12. The molecule has 2 aromatic rings. The van der Waals surface area contributed by atoms with Crippen molar-refractivity contribution in [3.05, 3.63) is 29.8 Å². The zero-order chi connectivity index (χ0) is 17.2. The SMILES string of the molecule is FC(F)(F)c1ccc(-c2nnn(C34CC5CC(CC(C5)C3)C4)n2)cc1. The zero-order valence-corrected chi connectivity index (χ0v) is 13.7. The molecule has 1 heterocycles. The highest BCUT2D eigenvalue weighted by Gasteiger charge is 2.53. The summed E-state index contributed by atoms with van der Waals surface area (Å²) in [6.45, 7) is 0. The lowest BCUT2D eigenvalue weighted by atomic mass is 9.53. The third-order valence-electron chi connectivity index (χ3n) is 6.31. The van der Waals surface area contributed by atoms with Crippen LogP contribution in [0.25, 0.3) is 11.4 Å². The van der Waals surface area contributed by atoms with Crippen molar-refractivity contribution in [3.63, 3.8) is 0 Å². The van der Waals surface area contributed by atoms with E-state index in [0.717, 1.165) is 49.1 Å². The Balaban J connectivity index is 1.44. The van der Waals surface area contributed by atoms with Gasteiger partial charge in [-0.25, -0.2) is 0 Å². The van der Waals surface area contributed by atoms with Gasteiger partial charge in [-0.3, -0.25) is 0 Å². The summed E-state index contributed by atoms with van der Waals surface area (Å²) in [5.74, 6) is 2.72. The van der Waals surface area contributed by atoms with Crippen LogP contribution in [0.1, 0.15) is 44.1 Å². The number of nitrogens with zero attached hydrogens (tertiary/aromatic N) is 4. The second-order valence-electron chi connectivity index (χ2n) is 8.12. The monoisotopic (exact) mass is 348 g/mol. The van der Waals surface area contributed by atoms with Gasteiger partial charge in [0.25, 0.3) is 0 Å². The molecule has 0 atom stereocenters. The number of rotatable bonds is 2. The van der Waals surface area contributed by atoms with Crippen LogP contribution in [-0.4, -0.2) is 20.2 Å². The van der Waals surface area contributed by atoms with Crippen molar-refractivity contribution in [2.24, 2.45) is 17.8 Å². The van der Waals surface area contributed by atoms with E-state index >= 15 is 0 Å². The Hall–Kier alpha value is -1.92. The van der Waals surface area contributed by atoms with Crippen LogP contribution in [0.15, 0.2) is 24.3 Å². The van der Waals surface area contributed by atoms with Gasteiger partial charge in [0, 0.05) is 5.56 Å². The van der Waals surface area contributed by atoms with Crippen LogP contribution in [-0.2, 0) is 11.7 Å². The van der Waals surface area contributed by atoms with E-state index in [0.29, 0.717) is 11.4 Å². The van der Waals surface area contributed by atoms with Gasteiger partial charge in [-0.15, -0.1) is 10.2 Å². The van der Waals surface area contributed by atoms with E-state index in [9.17, 15) is 13.2 Å². The summed E-state index contributed by atoms with van der Waals surface area (Å²) in [6.07, 6.45) is 3.01. The number of halogens is 3. The Kier molecular flexibility index (Phi) is 3.10. The molecule has 1 aromatic heterocycles. The molecular weight excluding hydrogens is 329 g/mol. The molecular formula is C18H19F3N4. The normalized spacial score (nSPS) is 33.8. The first-order valence-corrected chi connectivity index (χ1v) is 8.89. The smallest absolute Gasteiger partial charge is 0.166 e. The summed E-state index contributed by atoms with van der Waals surface area (Å²) in [6, 6.07) is 4.98. The summed E-state index contributed by atoms with van der Waals surface area (Å²) < 4.78 is 38.1. The molecule has 7 heteroatoms. The van der Waals surface area contributed by atoms with Gasteiger partial charge < -0.3 is 0 Å². The predicted molar refractivity (Wildman–Crippen MR) is 84.4 cm³/mol. The van der Waals surface area contributed by atoms with E-state index < -0.39 is 11.7 Å². The maximum atomic E-state index is 12.7. The number of alkyl halides is 3. The minimum atomic E-state index is -4.33. The average molecular weight is 348 g/mol. The van der Waals surface area contributed by atoms with Gasteiger partial charge >= 0.3 is 6.18 Å². The predicted octanol–water partition coefficient (Wildman–Crippen LogP) is 4.28. The molecule has 4 nitrogen and oxygen atoms in total. The van der Waals surface area contributed by atoms with Gasteiger partial charge in [-0.1, -0.05) is 12.1 Å². The fraction of sp³-hybridized carbons (Fsp3) is 0.611. The minimum Gasteiger partial charge on any atom is -0.166 e. The number of benzene rings is 1. The Morgan fingerprint density at radius 3 is 2.00 bits per heavy atom. The van der Waals surface area contributed by atoms with Crippen LogP contribution in [0, 0.1) is 17.8 Å². The van der Waals surface area contributed by atoms with Crippen LogP contribution in [0.2, 0.25) is 0 Å². The van der Waals surface area contributed by atoms with Gasteiger partial charge in [0.05, 0.1) is 11.1 Å². The standard InChI is InChI=1S/C18H19F3N4/c19-18(20,21)15-3-1-14(2-4-15)16-22-24-25(23-16)17-8-11-5-12(9-17)7-13(6-11)10-17/h1-4,11-13H,5-10H2.